The first kappa shape index (κ1) is 10.0. The van der Waals surface area contributed by atoms with Crippen LogP contribution in [-0.4, -0.2) is 5.16 Å². The Hall–Kier alpha value is 0.0200. The summed E-state index contributed by atoms with van der Waals surface area (Å²) in [4.78, 5) is 3.75. The molecule has 1 aromatic rings. The van der Waals surface area contributed by atoms with Gasteiger partial charge in [-0.3, -0.25) is 0 Å². The van der Waals surface area contributed by atoms with Crippen molar-refractivity contribution in [3.05, 3.63) is 30.3 Å². The van der Waals surface area contributed by atoms with Gasteiger partial charge in [-0.1, -0.05) is 0 Å². The van der Waals surface area contributed by atoms with E-state index in [-0.39, 0.29) is 29.6 Å². The standard InChI is InChI=1S/C7H4NS.Na/c9-6-8-7-4-2-1-3-5-7;/h2-5H;/q-1;+1. The molecule has 10 heavy (non-hydrogen) atoms. The van der Waals surface area contributed by atoms with Crippen molar-refractivity contribution >= 4 is 23.1 Å². The molecular formula is C7H4NNaS. The summed E-state index contributed by atoms with van der Waals surface area (Å²) in [6, 6.07) is 10.1. The molecule has 0 unspecified atom stereocenters. The minimum atomic E-state index is 0. The summed E-state index contributed by atoms with van der Waals surface area (Å²) >= 11 is 4.41. The van der Waals surface area contributed by atoms with Gasteiger partial charge in [-0.2, -0.15) is 18.2 Å². The van der Waals surface area contributed by atoms with Gasteiger partial charge in [-0.15, -0.1) is 12.1 Å². The number of aliphatic imine (C=N–C) groups is 1. The molecule has 1 aromatic carbocycles. The third-order valence-electron chi connectivity index (χ3n) is 0.875. The Morgan fingerprint density at radius 2 is 2.00 bits per heavy atom. The maximum atomic E-state index is 4.41. The zero-order chi connectivity index (χ0) is 6.53. The number of rotatable bonds is 1. The topological polar surface area (TPSA) is 12.4 Å². The van der Waals surface area contributed by atoms with Gasteiger partial charge >= 0.3 is 29.6 Å². The Kier molecular flexibility index (Phi) is 5.79. The van der Waals surface area contributed by atoms with Gasteiger partial charge in [-0.25, -0.2) is 4.99 Å². The number of hydrogen-bond donors (Lipinski definition) is 0. The molecule has 0 radical (unpaired) electrons. The van der Waals surface area contributed by atoms with Crippen LogP contribution < -0.4 is 29.6 Å². The Bertz CT molecular complexity index is 229. The molecule has 0 aliphatic carbocycles. The molecule has 0 spiro atoms. The van der Waals surface area contributed by atoms with Gasteiger partial charge in [0.25, 0.3) is 0 Å². The van der Waals surface area contributed by atoms with E-state index in [9.17, 15) is 0 Å². The summed E-state index contributed by atoms with van der Waals surface area (Å²) in [6.45, 7) is 0. The summed E-state index contributed by atoms with van der Waals surface area (Å²) < 4.78 is 0. The number of nitrogens with zero attached hydrogens (tertiary/aromatic N) is 1. The van der Waals surface area contributed by atoms with Crippen LogP contribution >= 0.6 is 12.2 Å². The van der Waals surface area contributed by atoms with E-state index in [4.69, 9.17) is 0 Å². The van der Waals surface area contributed by atoms with Crippen LogP contribution in [0.15, 0.2) is 29.3 Å². The zero-order valence-corrected chi connectivity index (χ0v) is 8.48. The minimum absolute atomic E-state index is 0. The number of benzene rings is 1. The molecule has 0 aliphatic rings. The second-order valence-electron chi connectivity index (χ2n) is 1.46. The molecule has 0 aliphatic heterocycles. The molecule has 0 saturated heterocycles. The monoisotopic (exact) mass is 157 g/mol. The van der Waals surface area contributed by atoms with Gasteiger partial charge in [0.2, 0.25) is 0 Å². The van der Waals surface area contributed by atoms with Crippen molar-refractivity contribution in [1.29, 1.82) is 0 Å². The molecule has 0 saturated carbocycles. The smallest absolute Gasteiger partial charge is 0.221 e. The van der Waals surface area contributed by atoms with E-state index in [1.807, 2.05) is 12.1 Å². The summed E-state index contributed by atoms with van der Waals surface area (Å²) in [5.41, 5.74) is 0.823. The van der Waals surface area contributed by atoms with Crippen LogP contribution in [0, 0.1) is 6.07 Å². The zero-order valence-electron chi connectivity index (χ0n) is 5.66. The van der Waals surface area contributed by atoms with Crippen molar-refractivity contribution in [1.82, 2.24) is 0 Å². The van der Waals surface area contributed by atoms with Gasteiger partial charge in [0, 0.05) is 0 Å². The minimum Gasteiger partial charge on any atom is -0.221 e. The maximum absolute atomic E-state index is 4.41. The fourth-order valence-electron chi connectivity index (χ4n) is 0.505. The van der Waals surface area contributed by atoms with Gasteiger partial charge in [0.05, 0.1) is 5.16 Å². The molecule has 0 amide bonds. The summed E-state index contributed by atoms with van der Waals surface area (Å²) in [5, 5.41) is 2.28. The second kappa shape index (κ2) is 5.78. The van der Waals surface area contributed by atoms with Crippen molar-refractivity contribution in [3.8, 4) is 0 Å². The number of hydrogen-bond acceptors (Lipinski definition) is 2. The molecule has 1 rings (SSSR count). The quantitative estimate of drug-likeness (QED) is 0.225. The maximum Gasteiger partial charge on any atom is 1.00 e. The third kappa shape index (κ3) is 3.25. The van der Waals surface area contributed by atoms with Crippen LogP contribution in [0.2, 0.25) is 0 Å². The Morgan fingerprint density at radius 3 is 2.50 bits per heavy atom. The van der Waals surface area contributed by atoms with E-state index in [1.165, 1.54) is 0 Å². The Labute approximate surface area is 87.5 Å². The SMILES string of the molecule is S=C=Nc1cc[c-]cc1.[Na+]. The molecule has 44 valence electrons. The van der Waals surface area contributed by atoms with Gasteiger partial charge in [0.15, 0.2) is 0 Å². The Morgan fingerprint density at radius 1 is 1.40 bits per heavy atom. The van der Waals surface area contributed by atoms with E-state index in [0.717, 1.165) is 5.69 Å². The fraction of sp³-hybridized carbons (Fsp3) is 0. The van der Waals surface area contributed by atoms with Crippen molar-refractivity contribution < 1.29 is 29.6 Å². The molecule has 0 bridgehead atoms. The number of isothiocyanates is 1. The average Bonchev–Trinajstić information content (AvgIpc) is 1.91. The van der Waals surface area contributed by atoms with E-state index in [0.29, 0.717) is 0 Å². The van der Waals surface area contributed by atoms with Gasteiger partial charge < -0.3 is 0 Å². The molecule has 0 N–H and O–H groups in total. The van der Waals surface area contributed by atoms with Crippen LogP contribution in [0.1, 0.15) is 0 Å². The number of thiocarbonyl (C=S) groups is 1. The third-order valence-corrected chi connectivity index (χ3v) is 0.967. The summed E-state index contributed by atoms with van der Waals surface area (Å²) in [5.74, 6) is 0. The van der Waals surface area contributed by atoms with Gasteiger partial charge in [0.1, 0.15) is 0 Å². The van der Waals surface area contributed by atoms with Crippen molar-refractivity contribution in [2.75, 3.05) is 0 Å². The summed E-state index contributed by atoms with van der Waals surface area (Å²) in [7, 11) is 0. The molecule has 3 heteroatoms. The van der Waals surface area contributed by atoms with Crippen LogP contribution in [0.25, 0.3) is 0 Å². The summed E-state index contributed by atoms with van der Waals surface area (Å²) in [6.07, 6.45) is 0. The van der Waals surface area contributed by atoms with E-state index < -0.39 is 0 Å². The van der Waals surface area contributed by atoms with Crippen LogP contribution in [0.4, 0.5) is 5.69 Å². The predicted octanol–water partition coefficient (Wildman–Crippen LogP) is -0.775. The average molecular weight is 157 g/mol. The molecular weight excluding hydrogens is 153 g/mol. The van der Waals surface area contributed by atoms with Crippen LogP contribution in [0.5, 0.6) is 0 Å². The molecule has 1 nitrogen and oxygen atoms in total. The van der Waals surface area contributed by atoms with E-state index in [1.54, 1.807) is 12.1 Å². The largest absolute Gasteiger partial charge is 1.00 e. The van der Waals surface area contributed by atoms with Crippen molar-refractivity contribution in [2.45, 2.75) is 0 Å². The van der Waals surface area contributed by atoms with Crippen LogP contribution in [0.3, 0.4) is 0 Å². The second-order valence-corrected chi connectivity index (χ2v) is 1.64. The predicted molar refractivity (Wildman–Crippen MR) is 40.0 cm³/mol. The molecule has 0 aromatic heterocycles. The van der Waals surface area contributed by atoms with Crippen LogP contribution in [-0.2, 0) is 0 Å². The first-order valence-electron chi connectivity index (χ1n) is 2.47. The molecule has 0 fully saturated rings. The van der Waals surface area contributed by atoms with Crippen molar-refractivity contribution in [3.63, 3.8) is 0 Å². The normalized spacial score (nSPS) is 7.20. The van der Waals surface area contributed by atoms with Gasteiger partial charge in [-0.05, 0) is 17.9 Å². The first-order valence-corrected chi connectivity index (χ1v) is 2.88. The fourth-order valence-corrected chi connectivity index (χ4v) is 0.611. The molecule has 0 heterocycles. The van der Waals surface area contributed by atoms with E-state index in [2.05, 4.69) is 28.4 Å². The van der Waals surface area contributed by atoms with Crippen molar-refractivity contribution in [2.24, 2.45) is 4.99 Å². The van der Waals surface area contributed by atoms with E-state index >= 15 is 0 Å². The first-order chi connectivity index (χ1) is 4.43. The Balaban J connectivity index is 0.000000810. The molecule has 0 atom stereocenters.